The Kier molecular flexibility index (Phi) is 4.73. The number of hydrogen-bond acceptors (Lipinski definition) is 5. The first kappa shape index (κ1) is 15.3. The van der Waals surface area contributed by atoms with Gasteiger partial charge in [-0.3, -0.25) is 4.79 Å². The number of carbonyl (C=O) groups excluding carboxylic acids is 1. The number of nitrogens with two attached hydrogens (primary N) is 1. The fourth-order valence-electron chi connectivity index (χ4n) is 1.48. The normalized spacial score (nSPS) is 11.1. The van der Waals surface area contributed by atoms with Crippen molar-refractivity contribution in [2.75, 3.05) is 20.8 Å². The average molecular weight is 288 g/mol. The Balaban J connectivity index is 3.27. The second-order valence-electron chi connectivity index (χ2n) is 3.76. The third-order valence-electron chi connectivity index (χ3n) is 2.41. The van der Waals surface area contributed by atoms with Gasteiger partial charge >= 0.3 is 0 Å². The minimum absolute atomic E-state index is 0.112. The topological polar surface area (TPSA) is 108 Å². The largest absolute Gasteiger partial charge is 0.496 e. The molecule has 0 saturated heterocycles. The lowest BCUT2D eigenvalue weighted by atomic mass is 10.2. The molecule has 0 heterocycles. The smallest absolute Gasteiger partial charge is 0.244 e. The SMILES string of the molecule is COc1cc(S(=O)(=O)NCC(N)=O)c(OC)cc1C. The molecule has 3 N–H and O–H groups in total. The van der Waals surface area contributed by atoms with E-state index in [9.17, 15) is 13.2 Å². The third-order valence-corrected chi connectivity index (χ3v) is 3.83. The zero-order valence-electron chi connectivity index (χ0n) is 10.9. The van der Waals surface area contributed by atoms with Crippen LogP contribution in [0.1, 0.15) is 5.56 Å². The van der Waals surface area contributed by atoms with Crippen LogP contribution >= 0.6 is 0 Å². The molecule has 0 aliphatic heterocycles. The molecule has 1 aromatic rings. The van der Waals surface area contributed by atoms with Crippen molar-refractivity contribution in [3.63, 3.8) is 0 Å². The lowest BCUT2D eigenvalue weighted by molar-refractivity contribution is -0.116. The van der Waals surface area contributed by atoms with Crippen LogP contribution < -0.4 is 19.9 Å². The van der Waals surface area contributed by atoms with Crippen LogP contribution in [0.5, 0.6) is 11.5 Å². The summed E-state index contributed by atoms with van der Waals surface area (Å²) in [5.41, 5.74) is 5.64. The number of benzene rings is 1. The number of methoxy groups -OCH3 is 2. The van der Waals surface area contributed by atoms with Crippen LogP contribution in [0.15, 0.2) is 17.0 Å². The standard InChI is InChI=1S/C11H16N2O5S/c1-7-4-9(18-3)10(5-8(7)17-2)19(15,16)13-6-11(12)14/h4-5,13H,6H2,1-3H3,(H2,12,14). The van der Waals surface area contributed by atoms with Gasteiger partial charge in [0.05, 0.1) is 20.8 Å². The number of amides is 1. The summed E-state index contributed by atoms with van der Waals surface area (Å²) in [7, 11) is -1.12. The molecule has 0 atom stereocenters. The Labute approximate surface area is 111 Å². The molecule has 0 aromatic heterocycles. The third kappa shape index (κ3) is 3.58. The highest BCUT2D eigenvalue weighted by Gasteiger charge is 2.22. The van der Waals surface area contributed by atoms with Gasteiger partial charge in [-0.05, 0) is 18.6 Å². The molecule has 0 bridgehead atoms. The highest BCUT2D eigenvalue weighted by molar-refractivity contribution is 7.89. The molecule has 0 aliphatic rings. The predicted octanol–water partition coefficient (Wildman–Crippen LogP) is -0.224. The van der Waals surface area contributed by atoms with Crippen LogP contribution in [0.2, 0.25) is 0 Å². The van der Waals surface area contributed by atoms with E-state index < -0.39 is 22.5 Å². The molecule has 19 heavy (non-hydrogen) atoms. The van der Waals surface area contributed by atoms with Gasteiger partial charge in [0.25, 0.3) is 0 Å². The maximum atomic E-state index is 12.0. The van der Waals surface area contributed by atoms with Crippen LogP contribution in [0.4, 0.5) is 0 Å². The van der Waals surface area contributed by atoms with Crippen molar-refractivity contribution >= 4 is 15.9 Å². The lowest BCUT2D eigenvalue weighted by Crippen LogP contribution is -2.33. The Bertz CT molecular complexity index is 583. The second kappa shape index (κ2) is 5.89. The predicted molar refractivity (Wildman–Crippen MR) is 68.7 cm³/mol. The quantitative estimate of drug-likeness (QED) is 0.752. The van der Waals surface area contributed by atoms with E-state index in [4.69, 9.17) is 15.2 Å². The number of sulfonamides is 1. The number of ether oxygens (including phenoxy) is 2. The maximum Gasteiger partial charge on any atom is 0.244 e. The summed E-state index contributed by atoms with van der Waals surface area (Å²) in [6.45, 7) is 1.27. The Morgan fingerprint density at radius 3 is 2.32 bits per heavy atom. The van der Waals surface area contributed by atoms with Crippen molar-refractivity contribution in [1.29, 1.82) is 0 Å². The molecule has 0 saturated carbocycles. The Morgan fingerprint density at radius 2 is 1.84 bits per heavy atom. The van der Waals surface area contributed by atoms with E-state index in [1.807, 2.05) is 0 Å². The van der Waals surface area contributed by atoms with E-state index in [2.05, 4.69) is 4.72 Å². The highest BCUT2D eigenvalue weighted by atomic mass is 32.2. The lowest BCUT2D eigenvalue weighted by Gasteiger charge is -2.13. The van der Waals surface area contributed by atoms with E-state index in [-0.39, 0.29) is 10.6 Å². The minimum atomic E-state index is -3.90. The van der Waals surface area contributed by atoms with Crippen LogP contribution in [0.25, 0.3) is 0 Å². The molecule has 0 aliphatic carbocycles. The monoisotopic (exact) mass is 288 g/mol. The first-order valence-corrected chi connectivity index (χ1v) is 6.80. The van der Waals surface area contributed by atoms with Crippen LogP contribution in [0, 0.1) is 6.92 Å². The molecule has 106 valence electrons. The van der Waals surface area contributed by atoms with Gasteiger partial charge in [0.15, 0.2) is 0 Å². The maximum absolute atomic E-state index is 12.0. The fourth-order valence-corrected chi connectivity index (χ4v) is 2.63. The van der Waals surface area contributed by atoms with E-state index in [0.717, 1.165) is 5.56 Å². The number of carbonyl (C=O) groups is 1. The first-order chi connectivity index (χ1) is 8.81. The summed E-state index contributed by atoms with van der Waals surface area (Å²) in [6.07, 6.45) is 0. The van der Waals surface area contributed by atoms with Gasteiger partial charge in [-0.15, -0.1) is 0 Å². The molecule has 0 spiro atoms. The summed E-state index contributed by atoms with van der Waals surface area (Å²) >= 11 is 0. The summed E-state index contributed by atoms with van der Waals surface area (Å²) in [5.74, 6) is -0.211. The van der Waals surface area contributed by atoms with Crippen LogP contribution in [-0.4, -0.2) is 35.1 Å². The van der Waals surface area contributed by atoms with E-state index >= 15 is 0 Å². The van der Waals surface area contributed by atoms with Crippen molar-refractivity contribution in [3.8, 4) is 11.5 Å². The van der Waals surface area contributed by atoms with E-state index in [0.29, 0.717) is 5.75 Å². The van der Waals surface area contributed by atoms with Crippen LogP contribution in [-0.2, 0) is 14.8 Å². The van der Waals surface area contributed by atoms with Gasteiger partial charge in [-0.1, -0.05) is 0 Å². The van der Waals surface area contributed by atoms with Crippen molar-refractivity contribution in [3.05, 3.63) is 17.7 Å². The molecule has 1 amide bonds. The molecule has 0 radical (unpaired) electrons. The molecule has 1 rings (SSSR count). The Morgan fingerprint density at radius 1 is 1.26 bits per heavy atom. The van der Waals surface area contributed by atoms with Gasteiger partial charge in [-0.2, -0.15) is 0 Å². The van der Waals surface area contributed by atoms with Gasteiger partial charge in [0, 0.05) is 6.07 Å². The molecule has 8 heteroatoms. The van der Waals surface area contributed by atoms with Crippen molar-refractivity contribution in [2.24, 2.45) is 5.73 Å². The summed E-state index contributed by atoms with van der Waals surface area (Å²) in [4.78, 5) is 10.5. The average Bonchev–Trinajstić information content (AvgIpc) is 2.35. The zero-order chi connectivity index (χ0) is 14.6. The van der Waals surface area contributed by atoms with Gasteiger partial charge in [0.2, 0.25) is 15.9 Å². The second-order valence-corrected chi connectivity index (χ2v) is 5.50. The summed E-state index contributed by atoms with van der Waals surface area (Å²) in [6, 6.07) is 2.87. The zero-order valence-corrected chi connectivity index (χ0v) is 11.7. The van der Waals surface area contributed by atoms with Gasteiger partial charge in [-0.25, -0.2) is 13.1 Å². The molecule has 7 nitrogen and oxygen atoms in total. The molecular weight excluding hydrogens is 272 g/mol. The number of hydrogen-bond donors (Lipinski definition) is 2. The fraction of sp³-hybridized carbons (Fsp3) is 0.364. The number of rotatable bonds is 6. The summed E-state index contributed by atoms with van der Waals surface area (Å²) < 4.78 is 36.3. The van der Waals surface area contributed by atoms with Crippen molar-refractivity contribution in [1.82, 2.24) is 4.72 Å². The number of aryl methyl sites for hydroxylation is 1. The number of nitrogens with one attached hydrogen (secondary N) is 1. The van der Waals surface area contributed by atoms with Crippen molar-refractivity contribution < 1.29 is 22.7 Å². The van der Waals surface area contributed by atoms with Crippen LogP contribution in [0.3, 0.4) is 0 Å². The van der Waals surface area contributed by atoms with E-state index in [1.54, 1.807) is 6.92 Å². The van der Waals surface area contributed by atoms with Gasteiger partial charge < -0.3 is 15.2 Å². The first-order valence-electron chi connectivity index (χ1n) is 5.32. The van der Waals surface area contributed by atoms with Crippen molar-refractivity contribution in [2.45, 2.75) is 11.8 Å². The Hall–Kier alpha value is -1.80. The summed E-state index contributed by atoms with van der Waals surface area (Å²) in [5, 5.41) is 0. The highest BCUT2D eigenvalue weighted by Crippen LogP contribution is 2.31. The molecule has 1 aromatic carbocycles. The molecule has 0 unspecified atom stereocenters. The van der Waals surface area contributed by atoms with Gasteiger partial charge in [0.1, 0.15) is 16.4 Å². The van der Waals surface area contributed by atoms with E-state index in [1.165, 1.54) is 26.4 Å². The molecular formula is C11H16N2O5S. The minimum Gasteiger partial charge on any atom is -0.496 e. The molecule has 0 fully saturated rings. The number of primary amides is 1.